The standard InChI is InChI=1S/C19H30N3O7P/c1-13(2)11-15(21-9-6-10-30(27,28)29)17(23)22(19(20)26)16(18(24)25)12-14-7-4-3-5-8-14/h3-5,7-8,13,15-16,21H,6,9-12H2,1-2H3,(H2,20,26)(H,24,25)(H2,27,28,29)/t15-,16-/m0/s1. The number of carbonyl (C=O) groups is 3. The molecule has 1 rings (SSSR count). The number of rotatable bonds is 12. The van der Waals surface area contributed by atoms with Crippen molar-refractivity contribution in [2.24, 2.45) is 11.7 Å². The van der Waals surface area contributed by atoms with Crippen LogP contribution in [-0.2, 0) is 20.6 Å². The molecule has 0 aliphatic heterocycles. The molecule has 3 amide bonds. The molecule has 0 radical (unpaired) electrons. The van der Waals surface area contributed by atoms with E-state index in [1.165, 1.54) is 0 Å². The topological polar surface area (TPSA) is 170 Å². The molecule has 0 aliphatic carbocycles. The third kappa shape index (κ3) is 9.04. The molecule has 0 saturated heterocycles. The lowest BCUT2D eigenvalue weighted by Crippen LogP contribution is -2.58. The largest absolute Gasteiger partial charge is 0.480 e. The van der Waals surface area contributed by atoms with Crippen LogP contribution >= 0.6 is 7.60 Å². The van der Waals surface area contributed by atoms with E-state index in [0.717, 1.165) is 0 Å². The lowest BCUT2D eigenvalue weighted by molar-refractivity contribution is -0.148. The van der Waals surface area contributed by atoms with Crippen molar-refractivity contribution in [3.63, 3.8) is 0 Å². The number of nitrogens with zero attached hydrogens (tertiary/aromatic N) is 1. The third-order valence-electron chi connectivity index (χ3n) is 4.37. The van der Waals surface area contributed by atoms with E-state index >= 15 is 0 Å². The van der Waals surface area contributed by atoms with Crippen molar-refractivity contribution in [2.45, 2.75) is 45.2 Å². The number of amides is 3. The van der Waals surface area contributed by atoms with Crippen LogP contribution < -0.4 is 11.1 Å². The van der Waals surface area contributed by atoms with Crippen molar-refractivity contribution in [1.82, 2.24) is 10.2 Å². The van der Waals surface area contributed by atoms with Gasteiger partial charge in [-0.05, 0) is 30.9 Å². The molecule has 168 valence electrons. The summed E-state index contributed by atoms with van der Waals surface area (Å²) in [5, 5.41) is 12.5. The third-order valence-corrected chi connectivity index (χ3v) is 5.26. The van der Waals surface area contributed by atoms with Crippen molar-refractivity contribution >= 4 is 25.5 Å². The highest BCUT2D eigenvalue weighted by Gasteiger charge is 2.37. The Labute approximate surface area is 175 Å². The van der Waals surface area contributed by atoms with Crippen LogP contribution in [0, 0.1) is 5.92 Å². The van der Waals surface area contributed by atoms with E-state index in [2.05, 4.69) is 5.32 Å². The van der Waals surface area contributed by atoms with Crippen molar-refractivity contribution < 1.29 is 33.8 Å². The first-order chi connectivity index (χ1) is 13.9. The summed E-state index contributed by atoms with van der Waals surface area (Å²) in [4.78, 5) is 55.5. The fraction of sp³-hybridized carbons (Fsp3) is 0.526. The fourth-order valence-electron chi connectivity index (χ4n) is 3.01. The molecule has 1 aromatic carbocycles. The molecule has 0 heterocycles. The Kier molecular flexibility index (Phi) is 10.1. The number of benzene rings is 1. The van der Waals surface area contributed by atoms with Gasteiger partial charge in [0, 0.05) is 6.42 Å². The zero-order valence-corrected chi connectivity index (χ0v) is 18.0. The Balaban J connectivity index is 3.04. The van der Waals surface area contributed by atoms with Crippen molar-refractivity contribution in [3.05, 3.63) is 35.9 Å². The molecule has 30 heavy (non-hydrogen) atoms. The van der Waals surface area contributed by atoms with Crippen LogP contribution in [-0.4, -0.2) is 62.5 Å². The minimum absolute atomic E-state index is 0.0281. The molecular formula is C19H30N3O7P. The average Bonchev–Trinajstić information content (AvgIpc) is 2.62. The van der Waals surface area contributed by atoms with Crippen molar-refractivity contribution in [1.29, 1.82) is 0 Å². The maximum atomic E-state index is 13.1. The number of hydrogen-bond donors (Lipinski definition) is 5. The molecule has 11 heteroatoms. The Morgan fingerprint density at radius 3 is 2.23 bits per heavy atom. The molecule has 0 fully saturated rings. The highest BCUT2D eigenvalue weighted by Crippen LogP contribution is 2.34. The van der Waals surface area contributed by atoms with Gasteiger partial charge in [-0.1, -0.05) is 44.2 Å². The normalized spacial score (nSPS) is 13.6. The molecule has 0 unspecified atom stereocenters. The fourth-order valence-corrected chi connectivity index (χ4v) is 3.58. The number of aliphatic carboxylic acids is 1. The second-order valence-corrected chi connectivity index (χ2v) is 9.24. The molecule has 0 aliphatic rings. The van der Waals surface area contributed by atoms with Crippen LogP contribution in [0.4, 0.5) is 4.79 Å². The number of carboxylic acid groups (broad SMARTS) is 1. The zero-order chi connectivity index (χ0) is 22.9. The number of urea groups is 1. The smallest absolute Gasteiger partial charge is 0.327 e. The van der Waals surface area contributed by atoms with Crippen LogP contribution in [0.2, 0.25) is 0 Å². The number of carbonyl (C=O) groups excluding carboxylic acids is 2. The van der Waals surface area contributed by atoms with Crippen molar-refractivity contribution in [3.8, 4) is 0 Å². The quantitative estimate of drug-likeness (QED) is 0.237. The average molecular weight is 443 g/mol. The Hall–Kier alpha value is -2.26. The second kappa shape index (κ2) is 11.8. The molecule has 0 saturated carbocycles. The van der Waals surface area contributed by atoms with Crippen LogP contribution in [0.3, 0.4) is 0 Å². The minimum atomic E-state index is -4.17. The Morgan fingerprint density at radius 2 is 1.77 bits per heavy atom. The number of carboxylic acids is 1. The maximum Gasteiger partial charge on any atom is 0.327 e. The maximum absolute atomic E-state index is 13.1. The van der Waals surface area contributed by atoms with Gasteiger partial charge in [0.1, 0.15) is 6.04 Å². The number of nitrogens with two attached hydrogens (primary N) is 1. The van der Waals surface area contributed by atoms with E-state index in [-0.39, 0.29) is 37.9 Å². The first kappa shape index (κ1) is 25.8. The molecule has 10 nitrogen and oxygen atoms in total. The molecule has 6 N–H and O–H groups in total. The van der Waals surface area contributed by atoms with Gasteiger partial charge in [0.05, 0.1) is 12.2 Å². The van der Waals surface area contributed by atoms with Crippen LogP contribution in [0.5, 0.6) is 0 Å². The van der Waals surface area contributed by atoms with Crippen LogP contribution in [0.25, 0.3) is 0 Å². The van der Waals surface area contributed by atoms with Crippen LogP contribution in [0.15, 0.2) is 30.3 Å². The summed E-state index contributed by atoms with van der Waals surface area (Å²) in [6.07, 6.45) is -0.0589. The van der Waals surface area contributed by atoms with Crippen LogP contribution in [0.1, 0.15) is 32.3 Å². The predicted molar refractivity (Wildman–Crippen MR) is 111 cm³/mol. The monoisotopic (exact) mass is 443 g/mol. The number of nitrogens with one attached hydrogen (secondary N) is 1. The number of imide groups is 1. The SMILES string of the molecule is CC(C)C[C@H](NCCCP(=O)(O)O)C(=O)N(C(N)=O)[C@@H](Cc1ccccc1)C(=O)O. The van der Waals surface area contributed by atoms with E-state index in [1.54, 1.807) is 30.3 Å². The first-order valence-corrected chi connectivity index (χ1v) is 11.4. The van der Waals surface area contributed by atoms with Gasteiger partial charge in [-0.2, -0.15) is 0 Å². The highest BCUT2D eigenvalue weighted by molar-refractivity contribution is 7.51. The lowest BCUT2D eigenvalue weighted by atomic mass is 10.00. The minimum Gasteiger partial charge on any atom is -0.480 e. The zero-order valence-electron chi connectivity index (χ0n) is 17.1. The van der Waals surface area contributed by atoms with Crippen molar-refractivity contribution in [2.75, 3.05) is 12.7 Å². The Morgan fingerprint density at radius 1 is 1.17 bits per heavy atom. The van der Waals surface area contributed by atoms with E-state index in [1.807, 2.05) is 13.8 Å². The summed E-state index contributed by atoms with van der Waals surface area (Å²) >= 11 is 0. The van der Waals surface area contributed by atoms with Gasteiger partial charge >= 0.3 is 19.6 Å². The van der Waals surface area contributed by atoms with Gasteiger partial charge in [-0.25, -0.2) is 14.5 Å². The van der Waals surface area contributed by atoms with Gasteiger partial charge < -0.3 is 25.9 Å². The molecule has 1 aromatic rings. The number of primary amides is 1. The lowest BCUT2D eigenvalue weighted by Gasteiger charge is -2.30. The van der Waals surface area contributed by atoms with E-state index in [9.17, 15) is 24.1 Å². The Bertz CT molecular complexity index is 767. The van der Waals surface area contributed by atoms with Gasteiger partial charge in [-0.3, -0.25) is 9.36 Å². The molecular weight excluding hydrogens is 413 g/mol. The second-order valence-electron chi connectivity index (χ2n) is 7.47. The summed E-state index contributed by atoms with van der Waals surface area (Å²) in [6, 6.07) is 4.99. The predicted octanol–water partition coefficient (Wildman–Crippen LogP) is 1.16. The molecule has 0 aromatic heterocycles. The van der Waals surface area contributed by atoms with Gasteiger partial charge in [0.2, 0.25) is 5.91 Å². The highest BCUT2D eigenvalue weighted by atomic mass is 31.2. The summed E-state index contributed by atoms with van der Waals surface area (Å²) in [5.74, 6) is -2.12. The number of hydrogen-bond acceptors (Lipinski definition) is 5. The van der Waals surface area contributed by atoms with Gasteiger partial charge in [-0.15, -0.1) is 0 Å². The molecule has 2 atom stereocenters. The summed E-state index contributed by atoms with van der Waals surface area (Å²) in [6.45, 7) is 3.81. The summed E-state index contributed by atoms with van der Waals surface area (Å²) < 4.78 is 11.0. The molecule has 0 bridgehead atoms. The summed E-state index contributed by atoms with van der Waals surface area (Å²) in [7, 11) is -4.17. The molecule has 0 spiro atoms. The first-order valence-electron chi connectivity index (χ1n) is 9.59. The van der Waals surface area contributed by atoms with Gasteiger partial charge in [0.25, 0.3) is 0 Å². The summed E-state index contributed by atoms with van der Waals surface area (Å²) in [5.41, 5.74) is 6.01. The van der Waals surface area contributed by atoms with E-state index in [0.29, 0.717) is 10.5 Å². The van der Waals surface area contributed by atoms with Gasteiger partial charge in [0.15, 0.2) is 0 Å². The van der Waals surface area contributed by atoms with E-state index < -0.39 is 37.6 Å². The van der Waals surface area contributed by atoms with E-state index in [4.69, 9.17) is 15.5 Å².